The van der Waals surface area contributed by atoms with E-state index in [0.717, 1.165) is 10.2 Å². The summed E-state index contributed by atoms with van der Waals surface area (Å²) in [6, 6.07) is 5.28. The van der Waals surface area contributed by atoms with Gasteiger partial charge < -0.3 is 5.32 Å². The first-order chi connectivity index (χ1) is 14.1. The highest BCUT2D eigenvalue weighted by Crippen LogP contribution is 2.43. The van der Waals surface area contributed by atoms with E-state index in [4.69, 9.17) is 0 Å². The molecule has 3 heterocycles. The van der Waals surface area contributed by atoms with Crippen molar-refractivity contribution in [1.29, 1.82) is 0 Å². The molecule has 3 nitrogen and oxygen atoms in total. The summed E-state index contributed by atoms with van der Waals surface area (Å²) in [5.41, 5.74) is 2.24. The highest BCUT2D eigenvalue weighted by molar-refractivity contribution is 7.18. The summed E-state index contributed by atoms with van der Waals surface area (Å²) in [7, 11) is 0. The molecule has 0 saturated heterocycles. The van der Waals surface area contributed by atoms with E-state index in [0.29, 0.717) is 22.2 Å². The lowest BCUT2D eigenvalue weighted by molar-refractivity contribution is 0.440. The second-order valence-corrected chi connectivity index (χ2v) is 9.77. The molecule has 1 aliphatic carbocycles. The van der Waals surface area contributed by atoms with E-state index < -0.39 is 11.6 Å². The molecule has 3 aromatic heterocycles. The van der Waals surface area contributed by atoms with Gasteiger partial charge in [0.2, 0.25) is 0 Å². The highest BCUT2D eigenvalue weighted by atomic mass is 32.1. The number of thiophene rings is 1. The van der Waals surface area contributed by atoms with E-state index in [2.05, 4.69) is 28.3 Å². The summed E-state index contributed by atoms with van der Waals surface area (Å²) in [6.45, 7) is 2.33. The molecule has 0 amide bonds. The van der Waals surface area contributed by atoms with Crippen molar-refractivity contribution in [2.45, 2.75) is 44.9 Å². The van der Waals surface area contributed by atoms with Crippen LogP contribution in [0.3, 0.4) is 0 Å². The number of halogens is 2. The van der Waals surface area contributed by atoms with Crippen LogP contribution in [0.25, 0.3) is 20.4 Å². The van der Waals surface area contributed by atoms with Crippen LogP contribution in [0.4, 0.5) is 20.2 Å². The van der Waals surface area contributed by atoms with Crippen molar-refractivity contribution in [2.24, 2.45) is 5.92 Å². The smallest absolute Gasteiger partial charge is 0.176 e. The molecule has 150 valence electrons. The normalized spacial score (nSPS) is 20.2. The van der Waals surface area contributed by atoms with Gasteiger partial charge in [0.15, 0.2) is 11.6 Å². The number of nitrogens with one attached hydrogen (secondary N) is 1. The molecule has 0 bridgehead atoms. The molecule has 1 fully saturated rings. The maximum absolute atomic E-state index is 14.9. The van der Waals surface area contributed by atoms with Gasteiger partial charge in [-0.25, -0.2) is 18.7 Å². The number of fused-ring (bicyclic) bond motifs is 2. The number of rotatable bonds is 3. The number of nitrogens with zero attached hydrogens (tertiary/aromatic N) is 2. The second-order valence-electron chi connectivity index (χ2n) is 7.82. The zero-order valence-corrected chi connectivity index (χ0v) is 17.7. The minimum Gasteiger partial charge on any atom is -0.350 e. The van der Waals surface area contributed by atoms with Crippen molar-refractivity contribution in [3.05, 3.63) is 46.4 Å². The quantitative estimate of drug-likeness (QED) is 0.341. The van der Waals surface area contributed by atoms with Crippen LogP contribution in [0.5, 0.6) is 0 Å². The van der Waals surface area contributed by atoms with Gasteiger partial charge in [0.05, 0.1) is 15.9 Å². The number of thiazole rings is 1. The Morgan fingerprint density at radius 2 is 1.97 bits per heavy atom. The van der Waals surface area contributed by atoms with E-state index in [1.165, 1.54) is 59.9 Å². The van der Waals surface area contributed by atoms with Gasteiger partial charge in [0, 0.05) is 16.5 Å². The first-order valence-corrected chi connectivity index (χ1v) is 11.7. The number of hydrogen-bond donors (Lipinski definition) is 1. The maximum atomic E-state index is 14.9. The average Bonchev–Trinajstić information content (AvgIpc) is 3.29. The lowest BCUT2D eigenvalue weighted by atomic mass is 9.88. The molecular weight excluding hydrogens is 408 g/mol. The van der Waals surface area contributed by atoms with Crippen LogP contribution in [0.1, 0.15) is 49.8 Å². The minimum atomic E-state index is -0.654. The molecule has 1 aliphatic rings. The summed E-state index contributed by atoms with van der Waals surface area (Å²) in [6.07, 6.45) is 7.99. The van der Waals surface area contributed by atoms with Gasteiger partial charge in [-0.2, -0.15) is 0 Å². The van der Waals surface area contributed by atoms with Crippen molar-refractivity contribution in [1.82, 2.24) is 9.97 Å². The number of anilines is 2. The molecule has 1 saturated carbocycles. The van der Waals surface area contributed by atoms with Crippen molar-refractivity contribution in [3.8, 4) is 0 Å². The molecule has 4 aromatic rings. The molecule has 2 atom stereocenters. The lowest BCUT2D eigenvalue weighted by Gasteiger charge is -2.19. The number of hydrogen-bond acceptors (Lipinski definition) is 5. The number of pyridine rings is 1. The van der Waals surface area contributed by atoms with Crippen LogP contribution < -0.4 is 5.32 Å². The average molecular weight is 430 g/mol. The van der Waals surface area contributed by atoms with Gasteiger partial charge in [-0.3, -0.25) is 0 Å². The van der Waals surface area contributed by atoms with Crippen LogP contribution in [-0.4, -0.2) is 9.97 Å². The van der Waals surface area contributed by atoms with Crippen LogP contribution in [-0.2, 0) is 0 Å². The Morgan fingerprint density at radius 3 is 2.86 bits per heavy atom. The topological polar surface area (TPSA) is 37.8 Å². The fraction of sp³-hybridized carbons (Fsp3) is 0.364. The molecule has 7 heteroatoms. The zero-order valence-electron chi connectivity index (χ0n) is 16.0. The van der Waals surface area contributed by atoms with E-state index in [1.807, 2.05) is 0 Å². The third-order valence-corrected chi connectivity index (χ3v) is 7.91. The van der Waals surface area contributed by atoms with Gasteiger partial charge in [0.25, 0.3) is 0 Å². The van der Waals surface area contributed by atoms with Gasteiger partial charge in [-0.05, 0) is 36.5 Å². The fourth-order valence-electron chi connectivity index (χ4n) is 4.35. The fourth-order valence-corrected chi connectivity index (χ4v) is 6.34. The Labute approximate surface area is 175 Å². The van der Waals surface area contributed by atoms with E-state index >= 15 is 0 Å². The van der Waals surface area contributed by atoms with Gasteiger partial charge in [0.1, 0.15) is 16.0 Å². The Hall–Kier alpha value is -2.12. The van der Waals surface area contributed by atoms with Crippen LogP contribution >= 0.6 is 22.7 Å². The maximum Gasteiger partial charge on any atom is 0.176 e. The van der Waals surface area contributed by atoms with Crippen LogP contribution in [0.2, 0.25) is 0 Å². The van der Waals surface area contributed by atoms with Crippen LogP contribution in [0, 0.1) is 17.6 Å². The van der Waals surface area contributed by atoms with E-state index in [1.54, 1.807) is 23.6 Å². The van der Waals surface area contributed by atoms with Gasteiger partial charge >= 0.3 is 0 Å². The third kappa shape index (κ3) is 3.40. The molecule has 5 rings (SSSR count). The monoisotopic (exact) mass is 429 g/mol. The van der Waals surface area contributed by atoms with E-state index in [9.17, 15) is 8.78 Å². The molecule has 0 radical (unpaired) electrons. The first kappa shape index (κ1) is 18.9. The zero-order chi connectivity index (χ0) is 20.0. The lowest BCUT2D eigenvalue weighted by Crippen LogP contribution is -2.06. The summed E-state index contributed by atoms with van der Waals surface area (Å²) < 4.78 is 30.0. The summed E-state index contributed by atoms with van der Waals surface area (Å²) in [5.74, 6) is -0.0931. The Kier molecular flexibility index (Phi) is 4.95. The largest absolute Gasteiger partial charge is 0.350 e. The third-order valence-electron chi connectivity index (χ3n) is 5.96. The summed E-state index contributed by atoms with van der Waals surface area (Å²) in [4.78, 5) is 10.8. The predicted molar refractivity (Wildman–Crippen MR) is 117 cm³/mol. The summed E-state index contributed by atoms with van der Waals surface area (Å²) in [5, 5.41) is 3.90. The standard InChI is InChI=1S/C22H21F2N3S2/c1-12-5-3-2-4-6-13(12)17-9-14-16(7-8-25-22(14)29-17)27-20-15(23)10-18-21(19(20)24)26-11-28-18/h7-13H,2-6H2,1H3,(H,25,27). The Bertz CT molecular complexity index is 1180. The van der Waals surface area contributed by atoms with Gasteiger partial charge in [-0.1, -0.05) is 32.6 Å². The molecule has 0 aliphatic heterocycles. The molecular formula is C22H21F2N3S2. The molecule has 2 unspecified atom stereocenters. The van der Waals surface area contributed by atoms with Crippen LogP contribution in [0.15, 0.2) is 29.9 Å². The minimum absolute atomic E-state index is 0.161. The Balaban J connectivity index is 1.55. The molecule has 1 aromatic carbocycles. The molecule has 29 heavy (non-hydrogen) atoms. The highest BCUT2D eigenvalue weighted by Gasteiger charge is 2.24. The number of benzene rings is 1. The second kappa shape index (κ2) is 7.61. The van der Waals surface area contributed by atoms with Gasteiger partial charge in [-0.15, -0.1) is 22.7 Å². The SMILES string of the molecule is CC1CCCCCC1c1cc2c(Nc3c(F)cc4scnc4c3F)ccnc2s1. The van der Waals surface area contributed by atoms with Crippen molar-refractivity contribution in [2.75, 3.05) is 5.32 Å². The predicted octanol–water partition coefficient (Wildman–Crippen LogP) is 7.61. The molecule has 0 spiro atoms. The summed E-state index contributed by atoms with van der Waals surface area (Å²) >= 11 is 2.93. The Morgan fingerprint density at radius 1 is 1.10 bits per heavy atom. The number of aromatic nitrogens is 2. The van der Waals surface area contributed by atoms with Crippen molar-refractivity contribution in [3.63, 3.8) is 0 Å². The first-order valence-electron chi connectivity index (χ1n) is 9.98. The van der Waals surface area contributed by atoms with E-state index in [-0.39, 0.29) is 11.2 Å². The molecule has 1 N–H and O–H groups in total. The van der Waals surface area contributed by atoms with Crippen molar-refractivity contribution < 1.29 is 8.78 Å². The van der Waals surface area contributed by atoms with Crippen molar-refractivity contribution >= 4 is 54.5 Å².